The summed E-state index contributed by atoms with van der Waals surface area (Å²) >= 11 is 3.28. The molecular weight excluding hydrogens is 595 g/mol. The van der Waals surface area contributed by atoms with Crippen LogP contribution >= 0.6 is 32.1 Å². The van der Waals surface area contributed by atoms with Gasteiger partial charge in [0.25, 0.3) is 0 Å². The van der Waals surface area contributed by atoms with Crippen LogP contribution in [0.15, 0.2) is 9.98 Å². The average molecular weight is 669 g/mol. The lowest BCUT2D eigenvalue weighted by Crippen LogP contribution is -2.07. The Kier molecular flexibility index (Phi) is 48.5. The molecular formula is C33H73N4O3PS2. The first-order chi connectivity index (χ1) is 20.9. The van der Waals surface area contributed by atoms with Gasteiger partial charge in [-0.05, 0) is 24.3 Å². The third-order valence-corrected chi connectivity index (χ3v) is 8.56. The summed E-state index contributed by atoms with van der Waals surface area (Å²) in [5.74, 6) is 2.04. The molecule has 6 N–H and O–H groups in total. The maximum absolute atomic E-state index is 7.76. The normalized spacial score (nSPS) is 11.7. The lowest BCUT2D eigenvalue weighted by atomic mass is 10.1. The molecule has 0 aliphatic carbocycles. The summed E-state index contributed by atoms with van der Waals surface area (Å²) in [6.07, 6.45) is 30.4. The van der Waals surface area contributed by atoms with E-state index in [9.17, 15) is 0 Å². The summed E-state index contributed by atoms with van der Waals surface area (Å²) in [6, 6.07) is 0. The first-order valence-electron chi connectivity index (χ1n) is 17.5. The molecule has 0 aromatic carbocycles. The van der Waals surface area contributed by atoms with Gasteiger partial charge in [-0.15, -0.1) is 0 Å². The molecule has 0 saturated carbocycles. The van der Waals surface area contributed by atoms with E-state index in [1.165, 1.54) is 148 Å². The van der Waals surface area contributed by atoms with Gasteiger partial charge < -0.3 is 25.8 Å². The molecule has 0 aliphatic heterocycles. The Morgan fingerprint density at radius 2 is 0.744 bits per heavy atom. The average Bonchev–Trinajstić information content (AvgIpc) is 2.99. The van der Waals surface area contributed by atoms with E-state index >= 15 is 0 Å². The van der Waals surface area contributed by atoms with Crippen LogP contribution in [0.1, 0.15) is 169 Å². The van der Waals surface area contributed by atoms with Gasteiger partial charge in [-0.1, -0.05) is 180 Å². The fraction of sp³-hybridized carbons (Fsp3) is 0.939. The second kappa shape index (κ2) is 44.1. The molecule has 260 valence electrons. The van der Waals surface area contributed by atoms with Crippen molar-refractivity contribution < 1.29 is 14.3 Å². The Hall–Kier alpha value is -0.0500. The molecule has 43 heavy (non-hydrogen) atoms. The molecule has 0 bridgehead atoms. The van der Waals surface area contributed by atoms with Gasteiger partial charge in [0.05, 0.1) is 0 Å². The number of hydrogen-bond donors (Lipinski definition) is 4. The fourth-order valence-corrected chi connectivity index (χ4v) is 5.27. The maximum atomic E-state index is 7.76. The van der Waals surface area contributed by atoms with Crippen LogP contribution in [0.5, 0.6) is 0 Å². The third kappa shape index (κ3) is 51.8. The Labute approximate surface area is 278 Å². The van der Waals surface area contributed by atoms with Crippen molar-refractivity contribution in [2.24, 2.45) is 21.5 Å². The first-order valence-corrected chi connectivity index (χ1v) is 20.6. The predicted molar refractivity (Wildman–Crippen MR) is 201 cm³/mol. The van der Waals surface area contributed by atoms with E-state index in [0.717, 1.165) is 34.9 Å². The summed E-state index contributed by atoms with van der Waals surface area (Å²) in [5.41, 5.74) is 11.5. The topological polar surface area (TPSA) is 126 Å². The van der Waals surface area contributed by atoms with Gasteiger partial charge in [-0.25, -0.2) is 0 Å². The second-order valence-electron chi connectivity index (χ2n) is 10.8. The zero-order valence-electron chi connectivity index (χ0n) is 29.0. The van der Waals surface area contributed by atoms with Crippen LogP contribution in [0.3, 0.4) is 0 Å². The van der Waals surface area contributed by atoms with Gasteiger partial charge in [0.15, 0.2) is 10.3 Å². The monoisotopic (exact) mass is 668 g/mol. The minimum absolute atomic E-state index is 0.759. The smallest absolute Gasteiger partial charge is 0.326 e. The number of amidine groups is 2. The van der Waals surface area contributed by atoms with Crippen molar-refractivity contribution in [3.63, 3.8) is 0 Å². The van der Waals surface area contributed by atoms with Crippen molar-refractivity contribution in [2.45, 2.75) is 169 Å². The second-order valence-corrected chi connectivity index (χ2v) is 14.3. The highest BCUT2D eigenvalue weighted by molar-refractivity contribution is 8.14. The molecule has 0 unspecified atom stereocenters. The highest BCUT2D eigenvalue weighted by Gasteiger charge is 1.95. The zero-order valence-corrected chi connectivity index (χ0v) is 31.5. The van der Waals surface area contributed by atoms with Crippen molar-refractivity contribution in [3.8, 4) is 0 Å². The zero-order chi connectivity index (χ0) is 32.7. The standard InChI is InChI=1S/2C16H34N2S.CH5O3P/c2*1-3-5-6-7-8-9-10-11-12-13-14-15-18-16(17)19-4-2;1-4-5(2)3/h2*3-15H2,1-2H3,(H2,17,18);2-3H,1H3. The van der Waals surface area contributed by atoms with Crippen molar-refractivity contribution >= 4 is 42.5 Å². The highest BCUT2D eigenvalue weighted by Crippen LogP contribution is 2.21. The minimum Gasteiger partial charge on any atom is -0.379 e. The molecule has 0 fully saturated rings. The number of aliphatic imine (C=N–C) groups is 2. The number of hydrogen-bond acceptors (Lipinski definition) is 7. The molecule has 0 amide bonds. The van der Waals surface area contributed by atoms with Crippen LogP contribution in [0.25, 0.3) is 0 Å². The van der Waals surface area contributed by atoms with Crippen LogP contribution in [0.4, 0.5) is 0 Å². The SMILES string of the molecule is CCCCCCCCCCCCCN=C(N)SCC.CCCCCCCCCCCCCN=C(N)SCC.COP(O)O. The lowest BCUT2D eigenvalue weighted by molar-refractivity contribution is 0.310. The highest BCUT2D eigenvalue weighted by atomic mass is 32.2. The molecule has 0 heterocycles. The van der Waals surface area contributed by atoms with Crippen LogP contribution < -0.4 is 11.5 Å². The largest absolute Gasteiger partial charge is 0.379 e. The van der Waals surface area contributed by atoms with Crippen molar-refractivity contribution in [1.29, 1.82) is 0 Å². The molecule has 0 rings (SSSR count). The van der Waals surface area contributed by atoms with Crippen molar-refractivity contribution in [1.82, 2.24) is 0 Å². The van der Waals surface area contributed by atoms with E-state index in [4.69, 9.17) is 21.3 Å². The molecule has 0 saturated heterocycles. The van der Waals surface area contributed by atoms with E-state index < -0.39 is 8.60 Å². The fourth-order valence-electron chi connectivity index (χ4n) is 4.32. The van der Waals surface area contributed by atoms with Crippen LogP contribution in [0.2, 0.25) is 0 Å². The van der Waals surface area contributed by atoms with Gasteiger partial charge in [-0.3, -0.25) is 9.98 Å². The molecule has 0 atom stereocenters. The Bertz CT molecular complexity index is 530. The molecule has 0 spiro atoms. The van der Waals surface area contributed by atoms with Crippen molar-refractivity contribution in [3.05, 3.63) is 0 Å². The summed E-state index contributed by atoms with van der Waals surface area (Å²) in [5, 5.41) is 1.52. The number of nitrogens with zero attached hydrogens (tertiary/aromatic N) is 2. The molecule has 0 aromatic heterocycles. The summed E-state index contributed by atoms with van der Waals surface area (Å²) in [4.78, 5) is 24.2. The van der Waals surface area contributed by atoms with Gasteiger partial charge >= 0.3 is 8.60 Å². The summed E-state index contributed by atoms with van der Waals surface area (Å²) in [7, 11) is -0.870. The van der Waals surface area contributed by atoms with Gasteiger partial charge in [0.1, 0.15) is 0 Å². The van der Waals surface area contributed by atoms with Crippen LogP contribution in [-0.2, 0) is 4.52 Å². The minimum atomic E-state index is -2.10. The van der Waals surface area contributed by atoms with E-state index in [0.29, 0.717) is 0 Å². The summed E-state index contributed by atoms with van der Waals surface area (Å²) in [6.45, 7) is 10.6. The number of nitrogens with two attached hydrogens (primary N) is 2. The maximum Gasteiger partial charge on any atom is 0.326 e. The van der Waals surface area contributed by atoms with Gasteiger partial charge in [-0.2, -0.15) is 0 Å². The Morgan fingerprint density at radius 1 is 0.512 bits per heavy atom. The molecule has 10 heteroatoms. The molecule has 0 aliphatic rings. The third-order valence-electron chi connectivity index (χ3n) is 6.81. The quantitative estimate of drug-likeness (QED) is 0.0297. The van der Waals surface area contributed by atoms with Crippen LogP contribution in [0, 0.1) is 0 Å². The van der Waals surface area contributed by atoms with E-state index in [2.05, 4.69) is 42.2 Å². The summed E-state index contributed by atoms with van der Waals surface area (Å²) < 4.78 is 3.93. The van der Waals surface area contributed by atoms with Gasteiger partial charge in [0, 0.05) is 20.2 Å². The molecule has 7 nitrogen and oxygen atoms in total. The first kappa shape index (κ1) is 47.4. The molecule has 0 radical (unpaired) electrons. The Balaban J connectivity index is -0.000000642. The van der Waals surface area contributed by atoms with E-state index in [1.54, 1.807) is 23.5 Å². The van der Waals surface area contributed by atoms with Gasteiger partial charge in [0.2, 0.25) is 0 Å². The lowest BCUT2D eigenvalue weighted by Gasteiger charge is -2.02. The predicted octanol–water partition coefficient (Wildman–Crippen LogP) is 10.6. The van der Waals surface area contributed by atoms with E-state index in [-0.39, 0.29) is 0 Å². The van der Waals surface area contributed by atoms with Crippen molar-refractivity contribution in [2.75, 3.05) is 31.7 Å². The Morgan fingerprint density at radius 3 is 0.953 bits per heavy atom. The van der Waals surface area contributed by atoms with E-state index in [1.807, 2.05) is 0 Å². The number of thioether (sulfide) groups is 2. The number of unbranched alkanes of at least 4 members (excludes halogenated alkanes) is 20. The molecule has 0 aromatic rings. The number of rotatable bonds is 27. The van der Waals surface area contributed by atoms with Crippen LogP contribution in [-0.4, -0.2) is 51.8 Å².